The molecule has 4 nitrogen and oxygen atoms in total. The molecule has 3 aromatic rings. The molecule has 21 heavy (non-hydrogen) atoms. The summed E-state index contributed by atoms with van der Waals surface area (Å²) in [5, 5.41) is 0.438. The lowest BCUT2D eigenvalue weighted by Gasteiger charge is -2.08. The van der Waals surface area contributed by atoms with E-state index in [4.69, 9.17) is 12.2 Å². The summed E-state index contributed by atoms with van der Waals surface area (Å²) < 4.78 is 1.12. The molecule has 0 bridgehead atoms. The molecule has 0 atom stereocenters. The van der Waals surface area contributed by atoms with Gasteiger partial charge in [-0.05, 0) is 42.9 Å². The summed E-state index contributed by atoms with van der Waals surface area (Å²) in [4.78, 5) is 28.1. The molecule has 0 saturated heterocycles. The second-order valence-electron chi connectivity index (χ2n) is 4.74. The van der Waals surface area contributed by atoms with Gasteiger partial charge in [0.05, 0.1) is 10.9 Å². The molecular weight excluding hydrogens is 284 g/mol. The molecule has 5 heteroatoms. The summed E-state index contributed by atoms with van der Waals surface area (Å²) >= 11 is 5.17. The second-order valence-corrected chi connectivity index (χ2v) is 5.12. The molecule has 1 heterocycles. The van der Waals surface area contributed by atoms with Gasteiger partial charge in [0.1, 0.15) is 0 Å². The van der Waals surface area contributed by atoms with Gasteiger partial charge >= 0.3 is 0 Å². The molecule has 0 radical (unpaired) electrons. The van der Waals surface area contributed by atoms with Crippen molar-refractivity contribution in [1.29, 1.82) is 0 Å². The number of H-pyrrole nitrogens is 1. The molecule has 0 saturated carbocycles. The van der Waals surface area contributed by atoms with Gasteiger partial charge in [-0.15, -0.1) is 0 Å². The van der Waals surface area contributed by atoms with Gasteiger partial charge in [0, 0.05) is 5.56 Å². The molecule has 0 aliphatic heterocycles. The molecule has 0 amide bonds. The third kappa shape index (κ3) is 2.21. The fraction of sp³-hybridized carbons (Fsp3) is 0.0625. The Bertz CT molecular complexity index is 970. The van der Waals surface area contributed by atoms with Gasteiger partial charge in [0.25, 0.3) is 11.5 Å². The minimum atomic E-state index is -0.412. The van der Waals surface area contributed by atoms with Gasteiger partial charge in [-0.2, -0.15) is 0 Å². The number of para-hydroxylation sites is 1. The summed E-state index contributed by atoms with van der Waals surface area (Å²) in [5.41, 5.74) is 1.50. The van der Waals surface area contributed by atoms with Crippen LogP contribution in [0.4, 0.5) is 0 Å². The molecule has 1 N–H and O–H groups in total. The van der Waals surface area contributed by atoms with Gasteiger partial charge in [-0.1, -0.05) is 30.3 Å². The molecule has 2 aromatic carbocycles. The van der Waals surface area contributed by atoms with Gasteiger partial charge in [-0.3, -0.25) is 9.59 Å². The highest BCUT2D eigenvalue weighted by Gasteiger charge is 2.15. The SMILES string of the molecule is Cc1ccccc1C(=O)n1c(=S)[nH]c2ccccc2c1=O. The third-order valence-electron chi connectivity index (χ3n) is 3.38. The van der Waals surface area contributed by atoms with Crippen LogP contribution in [0.1, 0.15) is 15.9 Å². The van der Waals surface area contributed by atoms with E-state index in [0.717, 1.165) is 10.1 Å². The maximum atomic E-state index is 12.6. The van der Waals surface area contributed by atoms with E-state index in [2.05, 4.69) is 4.98 Å². The largest absolute Gasteiger partial charge is 0.331 e. The van der Waals surface area contributed by atoms with E-state index < -0.39 is 11.5 Å². The summed E-state index contributed by atoms with van der Waals surface area (Å²) in [6.07, 6.45) is 0. The average Bonchev–Trinajstić information content (AvgIpc) is 2.47. The van der Waals surface area contributed by atoms with Crippen LogP contribution >= 0.6 is 12.2 Å². The first kappa shape index (κ1) is 13.5. The van der Waals surface area contributed by atoms with Crippen molar-refractivity contribution in [1.82, 2.24) is 9.55 Å². The number of rotatable bonds is 1. The highest BCUT2D eigenvalue weighted by Crippen LogP contribution is 2.11. The maximum Gasteiger partial charge on any atom is 0.269 e. The van der Waals surface area contributed by atoms with Crippen LogP contribution in [0, 0.1) is 11.7 Å². The van der Waals surface area contributed by atoms with Crippen LogP contribution < -0.4 is 5.56 Å². The Morgan fingerprint density at radius 2 is 1.76 bits per heavy atom. The maximum absolute atomic E-state index is 12.6. The van der Waals surface area contributed by atoms with Crippen molar-refractivity contribution in [3.8, 4) is 0 Å². The van der Waals surface area contributed by atoms with Crippen molar-refractivity contribution in [2.45, 2.75) is 6.92 Å². The summed E-state index contributed by atoms with van der Waals surface area (Å²) in [7, 11) is 0. The molecular formula is C16H12N2O2S. The third-order valence-corrected chi connectivity index (χ3v) is 3.67. The van der Waals surface area contributed by atoms with Crippen molar-refractivity contribution in [3.05, 3.63) is 74.8 Å². The molecule has 0 unspecified atom stereocenters. The van der Waals surface area contributed by atoms with Crippen molar-refractivity contribution in [3.63, 3.8) is 0 Å². The number of carbonyl (C=O) groups excluding carboxylic acids is 1. The number of hydrogen-bond acceptors (Lipinski definition) is 3. The molecule has 0 aliphatic carbocycles. The van der Waals surface area contributed by atoms with Crippen LogP contribution in [0.3, 0.4) is 0 Å². The van der Waals surface area contributed by atoms with Crippen molar-refractivity contribution in [2.75, 3.05) is 0 Å². The monoisotopic (exact) mass is 296 g/mol. The van der Waals surface area contributed by atoms with E-state index in [0.29, 0.717) is 16.5 Å². The second kappa shape index (κ2) is 5.10. The van der Waals surface area contributed by atoms with Gasteiger partial charge in [-0.25, -0.2) is 4.57 Å². The predicted molar refractivity (Wildman–Crippen MR) is 84.3 cm³/mol. The number of benzene rings is 2. The summed E-state index contributed by atoms with van der Waals surface area (Å²) in [6.45, 7) is 1.83. The van der Waals surface area contributed by atoms with E-state index in [1.54, 1.807) is 36.4 Å². The number of aromatic nitrogens is 2. The molecule has 0 fully saturated rings. The summed E-state index contributed by atoms with van der Waals surface area (Å²) in [6, 6.07) is 14.1. The van der Waals surface area contributed by atoms with Gasteiger partial charge < -0.3 is 4.98 Å². The van der Waals surface area contributed by atoms with Crippen LogP contribution in [-0.2, 0) is 0 Å². The zero-order valence-electron chi connectivity index (χ0n) is 11.3. The number of aryl methyl sites for hydroxylation is 1. The van der Waals surface area contributed by atoms with Crippen molar-refractivity contribution >= 4 is 29.0 Å². The first-order valence-electron chi connectivity index (χ1n) is 6.44. The van der Waals surface area contributed by atoms with Crippen LogP contribution in [0.2, 0.25) is 0 Å². The Balaban J connectivity index is 2.31. The minimum Gasteiger partial charge on any atom is -0.331 e. The van der Waals surface area contributed by atoms with Crippen molar-refractivity contribution in [2.24, 2.45) is 0 Å². The first-order chi connectivity index (χ1) is 10.1. The lowest BCUT2D eigenvalue weighted by atomic mass is 10.1. The quantitative estimate of drug-likeness (QED) is 0.702. The molecule has 1 aromatic heterocycles. The molecule has 0 spiro atoms. The first-order valence-corrected chi connectivity index (χ1v) is 6.85. The Hall–Kier alpha value is -2.53. The zero-order valence-corrected chi connectivity index (χ0v) is 12.1. The van der Waals surface area contributed by atoms with E-state index in [1.807, 2.05) is 19.1 Å². The van der Waals surface area contributed by atoms with Crippen LogP contribution in [-0.4, -0.2) is 15.5 Å². The van der Waals surface area contributed by atoms with Crippen LogP contribution in [0.15, 0.2) is 53.3 Å². The number of carbonyl (C=O) groups is 1. The highest BCUT2D eigenvalue weighted by atomic mass is 32.1. The highest BCUT2D eigenvalue weighted by molar-refractivity contribution is 7.71. The Labute approximate surface area is 125 Å². The lowest BCUT2D eigenvalue weighted by molar-refractivity contribution is 0.0953. The normalized spacial score (nSPS) is 10.7. The Morgan fingerprint density at radius 1 is 1.10 bits per heavy atom. The Morgan fingerprint density at radius 3 is 2.52 bits per heavy atom. The number of hydrogen-bond donors (Lipinski definition) is 1. The number of nitrogens with zero attached hydrogens (tertiary/aromatic N) is 1. The van der Waals surface area contributed by atoms with Crippen molar-refractivity contribution < 1.29 is 4.79 Å². The van der Waals surface area contributed by atoms with E-state index in [-0.39, 0.29) is 4.77 Å². The van der Waals surface area contributed by atoms with Crippen LogP contribution in [0.5, 0.6) is 0 Å². The van der Waals surface area contributed by atoms with Gasteiger partial charge in [0.15, 0.2) is 4.77 Å². The number of nitrogens with one attached hydrogen (secondary N) is 1. The lowest BCUT2D eigenvalue weighted by Crippen LogP contribution is -2.29. The molecule has 3 rings (SSSR count). The standard InChI is InChI=1S/C16H12N2O2S/c1-10-6-2-3-7-11(10)14(19)18-15(20)12-8-4-5-9-13(12)17-16(18)21/h2-9H,1H3,(H,17,21). The van der Waals surface area contributed by atoms with E-state index in [9.17, 15) is 9.59 Å². The fourth-order valence-electron chi connectivity index (χ4n) is 2.28. The van der Waals surface area contributed by atoms with Gasteiger partial charge in [0.2, 0.25) is 0 Å². The summed E-state index contributed by atoms with van der Waals surface area (Å²) in [5.74, 6) is -0.412. The van der Waals surface area contributed by atoms with E-state index in [1.165, 1.54) is 0 Å². The zero-order chi connectivity index (χ0) is 15.0. The fourth-order valence-corrected chi connectivity index (χ4v) is 2.56. The number of fused-ring (bicyclic) bond motifs is 1. The smallest absolute Gasteiger partial charge is 0.269 e. The molecule has 104 valence electrons. The topological polar surface area (TPSA) is 54.9 Å². The Kier molecular flexibility index (Phi) is 3.27. The van der Waals surface area contributed by atoms with Crippen LogP contribution in [0.25, 0.3) is 10.9 Å². The predicted octanol–water partition coefficient (Wildman–Crippen LogP) is 3.06. The van der Waals surface area contributed by atoms with E-state index >= 15 is 0 Å². The molecule has 0 aliphatic rings. The minimum absolute atomic E-state index is 0.104. The number of aromatic amines is 1. The average molecular weight is 296 g/mol.